The molecule has 3 aromatic rings. The van der Waals surface area contributed by atoms with Crippen molar-refractivity contribution in [1.82, 2.24) is 15.8 Å². The van der Waals surface area contributed by atoms with Crippen LogP contribution >= 0.6 is 0 Å². The Bertz CT molecular complexity index is 990. The second-order valence-corrected chi connectivity index (χ2v) is 6.92. The number of rotatable bonds is 6. The molecule has 27 heavy (non-hydrogen) atoms. The summed E-state index contributed by atoms with van der Waals surface area (Å²) in [5.41, 5.74) is 7.78. The molecule has 1 aliphatic carbocycles. The second kappa shape index (κ2) is 7.78. The van der Waals surface area contributed by atoms with Crippen LogP contribution in [-0.4, -0.2) is 22.6 Å². The van der Waals surface area contributed by atoms with Crippen LogP contribution in [-0.2, 0) is 17.6 Å². The van der Waals surface area contributed by atoms with Gasteiger partial charge >= 0.3 is 0 Å². The molecule has 4 rings (SSSR count). The van der Waals surface area contributed by atoms with Crippen molar-refractivity contribution in [3.05, 3.63) is 77.0 Å². The quantitative estimate of drug-likeness (QED) is 0.308. The number of carbonyl (C=O) groups is 1. The van der Waals surface area contributed by atoms with E-state index in [1.165, 1.54) is 33.7 Å². The van der Waals surface area contributed by atoms with Crippen molar-refractivity contribution < 1.29 is 10.0 Å². The molecule has 1 amide bonds. The zero-order valence-electron chi connectivity index (χ0n) is 15.0. The molecule has 4 N–H and O–H groups in total. The number of hydrogen-bond donors (Lipinski definition) is 4. The standard InChI is InChI=1S/C22H23N3O2/c26-22(25-27)10-6-15-5-8-19-16(13-15)7-9-21(19)23-12-11-17-14-24-20-4-2-1-3-18(17)20/h1-6,8,10,13-14,21,23-24,27H,7,9,11-12H2,(H,25,26)/b10-6+. The van der Waals surface area contributed by atoms with E-state index in [9.17, 15) is 4.79 Å². The number of aromatic amines is 1. The molecule has 1 aliphatic rings. The molecule has 2 aromatic carbocycles. The second-order valence-electron chi connectivity index (χ2n) is 6.92. The summed E-state index contributed by atoms with van der Waals surface area (Å²) in [7, 11) is 0. The lowest BCUT2D eigenvalue weighted by molar-refractivity contribution is -0.124. The van der Waals surface area contributed by atoms with Crippen molar-refractivity contribution in [2.24, 2.45) is 0 Å². The largest absolute Gasteiger partial charge is 0.361 e. The summed E-state index contributed by atoms with van der Waals surface area (Å²) in [5, 5.41) is 13.5. The van der Waals surface area contributed by atoms with E-state index in [0.29, 0.717) is 6.04 Å². The summed E-state index contributed by atoms with van der Waals surface area (Å²) in [4.78, 5) is 14.4. The van der Waals surface area contributed by atoms with E-state index in [4.69, 9.17) is 5.21 Å². The average molecular weight is 361 g/mol. The van der Waals surface area contributed by atoms with Gasteiger partial charge in [0.05, 0.1) is 0 Å². The predicted octanol–water partition coefficient (Wildman–Crippen LogP) is 3.51. The van der Waals surface area contributed by atoms with Crippen LogP contribution < -0.4 is 10.8 Å². The smallest absolute Gasteiger partial charge is 0.267 e. The topological polar surface area (TPSA) is 77.2 Å². The summed E-state index contributed by atoms with van der Waals surface area (Å²) in [6.07, 6.45) is 8.27. The fraction of sp³-hybridized carbons (Fsp3) is 0.227. The third-order valence-corrected chi connectivity index (χ3v) is 5.24. The highest BCUT2D eigenvalue weighted by Crippen LogP contribution is 2.32. The van der Waals surface area contributed by atoms with Gasteiger partial charge in [-0.1, -0.05) is 36.4 Å². The summed E-state index contributed by atoms with van der Waals surface area (Å²) in [6, 6.07) is 15.1. The molecule has 0 fully saturated rings. The van der Waals surface area contributed by atoms with Gasteiger partial charge in [-0.2, -0.15) is 0 Å². The van der Waals surface area contributed by atoms with Crippen molar-refractivity contribution in [3.63, 3.8) is 0 Å². The van der Waals surface area contributed by atoms with Gasteiger partial charge in [0.25, 0.3) is 5.91 Å². The number of H-pyrrole nitrogens is 1. The van der Waals surface area contributed by atoms with E-state index >= 15 is 0 Å². The Morgan fingerprint density at radius 3 is 3.04 bits per heavy atom. The number of aromatic nitrogens is 1. The van der Waals surface area contributed by atoms with Gasteiger partial charge in [-0.25, -0.2) is 5.48 Å². The minimum Gasteiger partial charge on any atom is -0.361 e. The molecule has 1 unspecified atom stereocenters. The first kappa shape index (κ1) is 17.5. The monoisotopic (exact) mass is 361 g/mol. The van der Waals surface area contributed by atoms with Crippen LogP contribution in [0.4, 0.5) is 0 Å². The predicted molar refractivity (Wildman–Crippen MR) is 106 cm³/mol. The maximum Gasteiger partial charge on any atom is 0.267 e. The van der Waals surface area contributed by atoms with Gasteiger partial charge in [0.2, 0.25) is 0 Å². The minimum atomic E-state index is -0.521. The number of nitrogens with one attached hydrogen (secondary N) is 3. The summed E-state index contributed by atoms with van der Waals surface area (Å²) in [6.45, 7) is 0.935. The fourth-order valence-electron chi connectivity index (χ4n) is 3.88. The van der Waals surface area contributed by atoms with Gasteiger partial charge in [0, 0.05) is 29.2 Å². The lowest BCUT2D eigenvalue weighted by Gasteiger charge is -2.14. The Hall–Kier alpha value is -2.89. The van der Waals surface area contributed by atoms with E-state index < -0.39 is 5.91 Å². The van der Waals surface area contributed by atoms with E-state index in [-0.39, 0.29) is 0 Å². The van der Waals surface area contributed by atoms with Crippen LogP contribution in [0.25, 0.3) is 17.0 Å². The van der Waals surface area contributed by atoms with Crippen LogP contribution in [0.1, 0.15) is 34.7 Å². The van der Waals surface area contributed by atoms with Crippen LogP contribution in [0, 0.1) is 0 Å². The summed E-state index contributed by atoms with van der Waals surface area (Å²) in [5.74, 6) is -0.521. The summed E-state index contributed by atoms with van der Waals surface area (Å²) < 4.78 is 0. The Morgan fingerprint density at radius 1 is 1.26 bits per heavy atom. The number of aryl methyl sites for hydroxylation is 1. The minimum absolute atomic E-state index is 0.379. The third kappa shape index (κ3) is 3.79. The molecular weight excluding hydrogens is 338 g/mol. The first-order chi connectivity index (χ1) is 13.2. The van der Waals surface area contributed by atoms with Crippen molar-refractivity contribution in [3.8, 4) is 0 Å². The van der Waals surface area contributed by atoms with Crippen molar-refractivity contribution in [2.45, 2.75) is 25.3 Å². The number of benzene rings is 2. The maximum absolute atomic E-state index is 11.1. The Balaban J connectivity index is 1.38. The highest BCUT2D eigenvalue weighted by Gasteiger charge is 2.21. The molecule has 138 valence electrons. The highest BCUT2D eigenvalue weighted by atomic mass is 16.5. The molecule has 5 nitrogen and oxygen atoms in total. The Labute approximate surface area is 158 Å². The number of hydrogen-bond acceptors (Lipinski definition) is 3. The molecule has 5 heteroatoms. The van der Waals surface area contributed by atoms with E-state index in [1.54, 1.807) is 11.6 Å². The third-order valence-electron chi connectivity index (χ3n) is 5.24. The Kier molecular flexibility index (Phi) is 5.05. The van der Waals surface area contributed by atoms with Crippen LogP contribution in [0.5, 0.6) is 0 Å². The van der Waals surface area contributed by atoms with Gasteiger partial charge in [-0.05, 0) is 60.2 Å². The molecule has 0 bridgehead atoms. The van der Waals surface area contributed by atoms with Crippen LogP contribution in [0.15, 0.2) is 54.7 Å². The molecule has 0 radical (unpaired) electrons. The molecule has 0 aliphatic heterocycles. The first-order valence-electron chi connectivity index (χ1n) is 9.28. The van der Waals surface area contributed by atoms with Gasteiger partial charge in [-0.15, -0.1) is 0 Å². The number of para-hydroxylation sites is 1. The van der Waals surface area contributed by atoms with Gasteiger partial charge < -0.3 is 10.3 Å². The molecule has 1 atom stereocenters. The van der Waals surface area contributed by atoms with E-state index in [0.717, 1.165) is 31.4 Å². The van der Waals surface area contributed by atoms with Gasteiger partial charge in [-0.3, -0.25) is 10.0 Å². The average Bonchev–Trinajstić information content (AvgIpc) is 3.30. The maximum atomic E-state index is 11.1. The number of hydroxylamine groups is 1. The van der Waals surface area contributed by atoms with Gasteiger partial charge in [0.1, 0.15) is 0 Å². The lowest BCUT2D eigenvalue weighted by atomic mass is 10.0. The molecule has 1 heterocycles. The molecule has 0 saturated carbocycles. The summed E-state index contributed by atoms with van der Waals surface area (Å²) >= 11 is 0. The van der Waals surface area contributed by atoms with Crippen molar-refractivity contribution >= 4 is 22.9 Å². The molecule has 0 spiro atoms. The Morgan fingerprint density at radius 2 is 2.15 bits per heavy atom. The van der Waals surface area contributed by atoms with Crippen LogP contribution in [0.2, 0.25) is 0 Å². The number of carbonyl (C=O) groups excluding carboxylic acids is 1. The van der Waals surface area contributed by atoms with Crippen molar-refractivity contribution in [2.75, 3.05) is 6.54 Å². The van der Waals surface area contributed by atoms with E-state index in [1.807, 2.05) is 6.07 Å². The SMILES string of the molecule is O=C(/C=C/c1ccc2c(c1)CCC2NCCc1c[nH]c2ccccc12)NO. The molecule has 1 aromatic heterocycles. The van der Waals surface area contributed by atoms with Crippen molar-refractivity contribution in [1.29, 1.82) is 0 Å². The number of fused-ring (bicyclic) bond motifs is 2. The first-order valence-corrected chi connectivity index (χ1v) is 9.28. The molecule has 0 saturated heterocycles. The lowest BCUT2D eigenvalue weighted by Crippen LogP contribution is -2.21. The zero-order chi connectivity index (χ0) is 18.6. The number of amides is 1. The normalized spacial score (nSPS) is 16.1. The van der Waals surface area contributed by atoms with Gasteiger partial charge in [0.15, 0.2) is 0 Å². The van der Waals surface area contributed by atoms with Crippen LogP contribution in [0.3, 0.4) is 0 Å². The highest BCUT2D eigenvalue weighted by molar-refractivity contribution is 5.90. The molecular formula is C22H23N3O2. The fourth-order valence-corrected chi connectivity index (χ4v) is 3.88. The zero-order valence-corrected chi connectivity index (χ0v) is 15.0. The van der Waals surface area contributed by atoms with E-state index in [2.05, 4.69) is 52.9 Å².